The van der Waals surface area contributed by atoms with Crippen molar-refractivity contribution in [2.24, 2.45) is 0 Å². The molecule has 0 aliphatic carbocycles. The Morgan fingerprint density at radius 2 is 1.08 bits per heavy atom. The maximum atomic E-state index is 11.5. The molecule has 0 aliphatic heterocycles. The van der Waals surface area contributed by atoms with E-state index in [2.05, 4.69) is 54.7 Å². The minimum absolute atomic E-state index is 0.0278. The minimum Gasteiger partial charge on any atom is -0.465 e. The molecule has 0 radical (unpaired) electrons. The molecular weight excluding hydrogens is 528 g/mol. The van der Waals surface area contributed by atoms with E-state index in [1.807, 2.05) is 13.8 Å². The van der Waals surface area contributed by atoms with Crippen molar-refractivity contribution in [3.63, 3.8) is 0 Å². The molecular formula is C20H37Br3O3. The highest BCUT2D eigenvalue weighted by atomic mass is 79.9. The zero-order valence-electron chi connectivity index (χ0n) is 17.1. The molecule has 3 nitrogen and oxygen atoms in total. The Balaban J connectivity index is 0. The average molecular weight is 565 g/mol. The molecule has 0 fully saturated rings. The van der Waals surface area contributed by atoms with Gasteiger partial charge in [0.25, 0.3) is 0 Å². The van der Waals surface area contributed by atoms with E-state index < -0.39 is 8.65 Å². The van der Waals surface area contributed by atoms with Crippen LogP contribution in [0, 0.1) is 0 Å². The summed E-state index contributed by atoms with van der Waals surface area (Å²) in [5.74, 6) is -0.163. The maximum absolute atomic E-state index is 11.5. The molecule has 0 aromatic carbocycles. The lowest BCUT2D eigenvalue weighted by atomic mass is 10.1. The van der Waals surface area contributed by atoms with Gasteiger partial charge in [0, 0.05) is 0 Å². The SMILES string of the molecule is CC(C)(Br)C(=O)Br.CCCCCCCCCCCCOC(=O)C(C)(C)Br. The monoisotopic (exact) mass is 562 g/mol. The quantitative estimate of drug-likeness (QED) is 0.0995. The van der Waals surface area contributed by atoms with Crippen molar-refractivity contribution >= 4 is 58.5 Å². The Morgan fingerprint density at radius 1 is 0.731 bits per heavy atom. The van der Waals surface area contributed by atoms with Gasteiger partial charge in [0.2, 0.25) is 4.69 Å². The lowest BCUT2D eigenvalue weighted by Gasteiger charge is -2.14. The third-order valence-corrected chi connectivity index (χ3v) is 5.89. The molecule has 0 heterocycles. The number of hydrogen-bond donors (Lipinski definition) is 0. The predicted octanol–water partition coefficient (Wildman–Crippen LogP) is 7.71. The van der Waals surface area contributed by atoms with E-state index in [4.69, 9.17) is 4.74 Å². The van der Waals surface area contributed by atoms with Crippen molar-refractivity contribution in [3.8, 4) is 0 Å². The number of alkyl halides is 2. The minimum atomic E-state index is -0.550. The molecule has 0 unspecified atom stereocenters. The van der Waals surface area contributed by atoms with Gasteiger partial charge in [-0.1, -0.05) is 96.6 Å². The predicted molar refractivity (Wildman–Crippen MR) is 123 cm³/mol. The largest absolute Gasteiger partial charge is 0.465 e. The van der Waals surface area contributed by atoms with E-state index in [1.165, 1.54) is 57.8 Å². The van der Waals surface area contributed by atoms with Gasteiger partial charge in [-0.15, -0.1) is 0 Å². The summed E-state index contributed by atoms with van der Waals surface area (Å²) >= 11 is 9.25. The van der Waals surface area contributed by atoms with Crippen LogP contribution >= 0.6 is 47.8 Å². The van der Waals surface area contributed by atoms with Crippen LogP contribution in [0.2, 0.25) is 0 Å². The highest BCUT2D eigenvalue weighted by molar-refractivity contribution is 9.20. The van der Waals surface area contributed by atoms with Crippen LogP contribution in [0.25, 0.3) is 0 Å². The Hall–Kier alpha value is 0.580. The first-order chi connectivity index (χ1) is 11.9. The highest BCUT2D eigenvalue weighted by Gasteiger charge is 2.24. The molecule has 0 atom stereocenters. The van der Waals surface area contributed by atoms with Crippen molar-refractivity contribution in [3.05, 3.63) is 0 Å². The Bertz CT molecular complexity index is 371. The average Bonchev–Trinajstić information content (AvgIpc) is 2.51. The Labute approximate surface area is 186 Å². The third-order valence-electron chi connectivity index (χ3n) is 3.68. The summed E-state index contributed by atoms with van der Waals surface area (Å²) in [6.07, 6.45) is 13.0. The van der Waals surface area contributed by atoms with E-state index >= 15 is 0 Å². The first-order valence-electron chi connectivity index (χ1n) is 9.68. The van der Waals surface area contributed by atoms with E-state index in [1.54, 1.807) is 13.8 Å². The van der Waals surface area contributed by atoms with Crippen LogP contribution in [0.15, 0.2) is 0 Å². The molecule has 0 saturated heterocycles. The van der Waals surface area contributed by atoms with Gasteiger partial charge >= 0.3 is 5.97 Å². The van der Waals surface area contributed by atoms with Gasteiger partial charge in [0.1, 0.15) is 4.32 Å². The van der Waals surface area contributed by atoms with Crippen LogP contribution in [-0.4, -0.2) is 25.9 Å². The standard InChI is InChI=1S/C16H31BrO2.C4H6Br2O/c1-4-5-6-7-8-9-10-11-12-13-14-19-15(18)16(2,3)17;1-4(2,6)3(5)7/h4-14H2,1-3H3;1-2H3. The summed E-state index contributed by atoms with van der Waals surface area (Å²) in [7, 11) is 0. The molecule has 0 saturated carbocycles. The van der Waals surface area contributed by atoms with E-state index in [0.29, 0.717) is 6.61 Å². The third kappa shape index (κ3) is 20.9. The molecule has 0 aromatic heterocycles. The molecule has 0 bridgehead atoms. The summed E-state index contributed by atoms with van der Waals surface area (Å²) < 4.78 is 4.21. The number of halogens is 3. The smallest absolute Gasteiger partial charge is 0.322 e. The fourth-order valence-corrected chi connectivity index (χ4v) is 2.04. The fraction of sp³-hybridized carbons (Fsp3) is 0.900. The second-order valence-electron chi connectivity index (χ2n) is 7.54. The van der Waals surface area contributed by atoms with Gasteiger partial charge in [-0.3, -0.25) is 9.59 Å². The number of carbonyl (C=O) groups excluding carboxylic acids is 2. The van der Waals surface area contributed by atoms with Crippen LogP contribution in [0.5, 0.6) is 0 Å². The van der Waals surface area contributed by atoms with Crippen LogP contribution < -0.4 is 0 Å². The first-order valence-corrected chi connectivity index (χ1v) is 12.1. The summed E-state index contributed by atoms with van der Waals surface area (Å²) in [5, 5.41) is 0. The molecule has 0 amide bonds. The summed E-state index contributed by atoms with van der Waals surface area (Å²) in [5.41, 5.74) is 0. The zero-order chi connectivity index (χ0) is 20.6. The number of unbranched alkanes of at least 4 members (excludes halogenated alkanes) is 9. The topological polar surface area (TPSA) is 43.4 Å². The second-order valence-corrected chi connectivity index (χ2v) is 12.2. The molecule has 0 spiro atoms. The van der Waals surface area contributed by atoms with Gasteiger partial charge in [-0.05, 0) is 50.0 Å². The molecule has 6 heteroatoms. The summed E-state index contributed by atoms with van der Waals surface area (Å²) in [4.78, 5) is 21.8. The van der Waals surface area contributed by atoms with Crippen LogP contribution in [0.1, 0.15) is 98.8 Å². The first kappa shape index (κ1) is 28.8. The summed E-state index contributed by atoms with van der Waals surface area (Å²) in [6.45, 7) is 10.0. The van der Waals surface area contributed by atoms with Crippen molar-refractivity contribution in [2.75, 3.05) is 6.61 Å². The van der Waals surface area contributed by atoms with E-state index in [0.717, 1.165) is 6.42 Å². The molecule has 0 rings (SSSR count). The number of esters is 1. The van der Waals surface area contributed by atoms with Gasteiger partial charge in [0.05, 0.1) is 10.9 Å². The van der Waals surface area contributed by atoms with E-state index in [9.17, 15) is 9.59 Å². The van der Waals surface area contributed by atoms with E-state index in [-0.39, 0.29) is 10.7 Å². The normalized spacial score (nSPS) is 11.5. The second kappa shape index (κ2) is 16.5. The van der Waals surface area contributed by atoms with Gasteiger partial charge in [-0.25, -0.2) is 0 Å². The van der Waals surface area contributed by atoms with Crippen molar-refractivity contribution in [2.45, 2.75) is 107 Å². The highest BCUT2D eigenvalue weighted by Crippen LogP contribution is 2.19. The van der Waals surface area contributed by atoms with Crippen LogP contribution in [0.3, 0.4) is 0 Å². The van der Waals surface area contributed by atoms with Crippen molar-refractivity contribution < 1.29 is 14.3 Å². The maximum Gasteiger partial charge on any atom is 0.322 e. The number of rotatable bonds is 13. The fourth-order valence-electron chi connectivity index (χ4n) is 1.93. The number of hydrogen-bond acceptors (Lipinski definition) is 3. The molecule has 0 aliphatic rings. The lowest BCUT2D eigenvalue weighted by molar-refractivity contribution is -0.145. The molecule has 156 valence electrons. The Morgan fingerprint density at radius 3 is 1.38 bits per heavy atom. The van der Waals surface area contributed by atoms with Crippen molar-refractivity contribution in [1.82, 2.24) is 0 Å². The molecule has 0 aromatic rings. The molecule has 0 N–H and O–H groups in total. The molecule has 26 heavy (non-hydrogen) atoms. The van der Waals surface area contributed by atoms with Gasteiger partial charge in [-0.2, -0.15) is 0 Å². The lowest BCUT2D eigenvalue weighted by Crippen LogP contribution is -2.26. The van der Waals surface area contributed by atoms with Crippen LogP contribution in [0.4, 0.5) is 0 Å². The number of carbonyl (C=O) groups is 2. The Kier molecular flexibility index (Phi) is 18.3. The van der Waals surface area contributed by atoms with Gasteiger partial charge < -0.3 is 4.74 Å². The van der Waals surface area contributed by atoms with Crippen LogP contribution in [-0.2, 0) is 14.3 Å². The van der Waals surface area contributed by atoms with Crippen molar-refractivity contribution in [1.29, 1.82) is 0 Å². The summed E-state index contributed by atoms with van der Waals surface area (Å²) in [6, 6.07) is 0. The zero-order valence-corrected chi connectivity index (χ0v) is 21.9. The van der Waals surface area contributed by atoms with Gasteiger partial charge in [0.15, 0.2) is 0 Å². The number of ether oxygens (including phenoxy) is 1.